The number of nitrogens with zero attached hydrogens (tertiary/aromatic N) is 3. The second kappa shape index (κ2) is 15.7. The number of carbonyl (C=O) groups is 3. The van der Waals surface area contributed by atoms with Crippen LogP contribution >= 0.6 is 0 Å². The molecule has 11 rings (SSSR count). The lowest BCUT2D eigenvalue weighted by Crippen LogP contribution is -2.52. The van der Waals surface area contributed by atoms with Gasteiger partial charge in [-0.1, -0.05) is 42.5 Å². The number of likely N-dealkylation sites (tertiary alicyclic amines) is 1. The highest BCUT2D eigenvalue weighted by Gasteiger charge is 2.49. The van der Waals surface area contributed by atoms with Gasteiger partial charge in [0.1, 0.15) is 29.1 Å². The number of imide groups is 1. The number of fused-ring (bicyclic) bond motifs is 5. The topological polar surface area (TPSA) is 121 Å². The predicted octanol–water partition coefficient (Wildman–Crippen LogP) is 6.96. The second-order valence-corrected chi connectivity index (χ2v) is 19.3. The number of rotatable bonds is 7. The molecule has 6 aliphatic heterocycles. The molecular formula is C51H55FN4O7. The first kappa shape index (κ1) is 40.3. The molecule has 11 nitrogen and oxygen atoms in total. The number of phenolic OH excluding ortho intramolecular Hbond substituents is 1. The van der Waals surface area contributed by atoms with Crippen molar-refractivity contribution in [3.8, 4) is 17.2 Å². The molecule has 2 N–H and O–H groups in total. The minimum Gasteiger partial charge on any atom is -0.508 e. The Hall–Kier alpha value is -5.46. The summed E-state index contributed by atoms with van der Waals surface area (Å²) >= 11 is 0. The molecule has 1 aliphatic carbocycles. The Kier molecular flexibility index (Phi) is 10.0. The van der Waals surface area contributed by atoms with Gasteiger partial charge >= 0.3 is 0 Å². The van der Waals surface area contributed by atoms with E-state index in [1.807, 2.05) is 30.3 Å². The molecule has 4 fully saturated rings. The number of methoxy groups -OCH3 is 1. The van der Waals surface area contributed by atoms with E-state index in [9.17, 15) is 19.5 Å². The van der Waals surface area contributed by atoms with Crippen LogP contribution in [0.15, 0.2) is 72.8 Å². The predicted molar refractivity (Wildman–Crippen MR) is 234 cm³/mol. The molecule has 1 unspecified atom stereocenters. The van der Waals surface area contributed by atoms with Crippen LogP contribution in [0.1, 0.15) is 107 Å². The van der Waals surface area contributed by atoms with E-state index >= 15 is 4.39 Å². The van der Waals surface area contributed by atoms with Crippen molar-refractivity contribution in [3.63, 3.8) is 0 Å². The van der Waals surface area contributed by atoms with Gasteiger partial charge in [0, 0.05) is 65.7 Å². The van der Waals surface area contributed by atoms with E-state index in [1.165, 1.54) is 11.1 Å². The van der Waals surface area contributed by atoms with Gasteiger partial charge in [0.25, 0.3) is 5.91 Å². The van der Waals surface area contributed by atoms with Crippen molar-refractivity contribution in [2.45, 2.75) is 93.2 Å². The number of nitrogens with one attached hydrogen (secondary N) is 1. The molecule has 4 aromatic rings. The first-order valence-corrected chi connectivity index (χ1v) is 22.9. The normalized spacial score (nSPS) is 26.1. The van der Waals surface area contributed by atoms with Crippen LogP contribution in [-0.4, -0.2) is 97.3 Å². The zero-order valence-corrected chi connectivity index (χ0v) is 35.9. The fourth-order valence-electron chi connectivity index (χ4n) is 12.5. The number of piperidine rings is 3. The van der Waals surface area contributed by atoms with Crippen molar-refractivity contribution in [2.24, 2.45) is 5.92 Å². The van der Waals surface area contributed by atoms with E-state index in [2.05, 4.69) is 45.4 Å². The summed E-state index contributed by atoms with van der Waals surface area (Å²) in [6, 6.07) is 23.0. The van der Waals surface area contributed by atoms with Crippen molar-refractivity contribution < 1.29 is 38.1 Å². The molecule has 4 atom stereocenters. The van der Waals surface area contributed by atoms with Gasteiger partial charge < -0.3 is 34.0 Å². The zero-order valence-electron chi connectivity index (χ0n) is 35.9. The lowest BCUT2D eigenvalue weighted by molar-refractivity contribution is -0.136. The first-order valence-electron chi connectivity index (χ1n) is 22.9. The number of halogens is 1. The van der Waals surface area contributed by atoms with Crippen LogP contribution in [0.4, 0.5) is 10.1 Å². The third-order valence-electron chi connectivity index (χ3n) is 15.8. The van der Waals surface area contributed by atoms with Crippen molar-refractivity contribution in [3.05, 3.63) is 118 Å². The quantitative estimate of drug-likeness (QED) is 0.190. The largest absolute Gasteiger partial charge is 0.508 e. The molecule has 3 amide bonds. The number of amides is 3. The number of anilines is 1. The van der Waals surface area contributed by atoms with Crippen LogP contribution in [0.3, 0.4) is 0 Å². The number of carbonyl (C=O) groups excluding carboxylic acids is 3. The lowest BCUT2D eigenvalue weighted by atomic mass is 9.69. The Balaban J connectivity index is 0.725. The third kappa shape index (κ3) is 6.95. The number of aryl methyl sites for hydroxylation is 1. The van der Waals surface area contributed by atoms with Gasteiger partial charge in [0.2, 0.25) is 11.8 Å². The molecular weight excluding hydrogens is 800 g/mol. The van der Waals surface area contributed by atoms with E-state index in [-0.39, 0.29) is 52.7 Å². The summed E-state index contributed by atoms with van der Waals surface area (Å²) in [6.07, 6.45) is 6.91. The fraction of sp³-hybridized carbons (Fsp3) is 0.471. The Bertz CT molecular complexity index is 2480. The van der Waals surface area contributed by atoms with Crippen molar-refractivity contribution in [1.29, 1.82) is 0 Å². The highest BCUT2D eigenvalue weighted by atomic mass is 19.1. The summed E-state index contributed by atoms with van der Waals surface area (Å²) in [5.74, 6) is 1.08. The highest BCUT2D eigenvalue weighted by Crippen LogP contribution is 2.52. The van der Waals surface area contributed by atoms with Gasteiger partial charge in [-0.15, -0.1) is 0 Å². The maximum absolute atomic E-state index is 16.5. The van der Waals surface area contributed by atoms with Gasteiger partial charge in [-0.2, -0.15) is 0 Å². The van der Waals surface area contributed by atoms with E-state index in [4.69, 9.17) is 14.2 Å². The summed E-state index contributed by atoms with van der Waals surface area (Å²) < 4.78 is 35.7. The first-order chi connectivity index (χ1) is 30.6. The maximum atomic E-state index is 16.5. The molecule has 63 heavy (non-hydrogen) atoms. The average Bonchev–Trinajstić information content (AvgIpc) is 3.97. The monoisotopic (exact) mass is 854 g/mol. The maximum Gasteiger partial charge on any atom is 0.255 e. The van der Waals surface area contributed by atoms with Crippen LogP contribution in [0, 0.1) is 11.7 Å². The SMILES string of the molecule is COc1cc(N2CCC3(CC2)C[C@H](CN2CCC4(CC2)COc2c4ccc4c2CN(C2CCC(=O)NC2=O)C4=O)CO3)c(F)cc1[C@@H]1c2ccc(O)cc2CC[C@@H]1c1ccccc1. The molecule has 7 aliphatic rings. The Morgan fingerprint density at radius 3 is 2.49 bits per heavy atom. The Morgan fingerprint density at radius 1 is 0.905 bits per heavy atom. The highest BCUT2D eigenvalue weighted by molar-refractivity contribution is 6.05. The van der Waals surface area contributed by atoms with Crippen LogP contribution in [0.5, 0.6) is 17.2 Å². The average molecular weight is 855 g/mol. The van der Waals surface area contributed by atoms with Gasteiger partial charge in [-0.05, 0) is 117 Å². The molecule has 12 heteroatoms. The summed E-state index contributed by atoms with van der Waals surface area (Å²) in [7, 11) is 1.67. The van der Waals surface area contributed by atoms with Gasteiger partial charge in [0.05, 0.1) is 38.2 Å². The third-order valence-corrected chi connectivity index (χ3v) is 15.8. The van der Waals surface area contributed by atoms with E-state index in [0.717, 1.165) is 99.2 Å². The van der Waals surface area contributed by atoms with Gasteiger partial charge in [0.15, 0.2) is 0 Å². The number of benzene rings is 4. The summed E-state index contributed by atoms with van der Waals surface area (Å²) in [5.41, 5.74) is 7.16. The lowest BCUT2D eigenvalue weighted by Gasteiger charge is -2.41. The minimum atomic E-state index is -0.647. The van der Waals surface area contributed by atoms with Crippen molar-refractivity contribution >= 4 is 23.4 Å². The van der Waals surface area contributed by atoms with Crippen LogP contribution in [0.2, 0.25) is 0 Å². The Morgan fingerprint density at radius 2 is 1.71 bits per heavy atom. The van der Waals surface area contributed by atoms with Crippen molar-refractivity contribution in [2.75, 3.05) is 57.9 Å². The van der Waals surface area contributed by atoms with E-state index < -0.39 is 11.9 Å². The molecule has 6 heterocycles. The number of aromatic hydroxyl groups is 1. The fourth-order valence-corrected chi connectivity index (χ4v) is 12.5. The molecule has 0 aromatic heterocycles. The summed E-state index contributed by atoms with van der Waals surface area (Å²) in [6.45, 7) is 5.95. The van der Waals surface area contributed by atoms with Crippen molar-refractivity contribution in [1.82, 2.24) is 15.1 Å². The van der Waals surface area contributed by atoms with Crippen LogP contribution in [-0.2, 0) is 32.7 Å². The summed E-state index contributed by atoms with van der Waals surface area (Å²) in [5, 5.41) is 12.7. The molecule has 2 spiro atoms. The van der Waals surface area contributed by atoms with E-state index in [1.54, 1.807) is 24.1 Å². The minimum absolute atomic E-state index is 0.100. The number of ether oxygens (including phenoxy) is 3. The molecule has 0 bridgehead atoms. The molecule has 0 saturated carbocycles. The summed E-state index contributed by atoms with van der Waals surface area (Å²) in [4.78, 5) is 44.2. The molecule has 4 saturated heterocycles. The Labute approximate surface area is 367 Å². The standard InChI is InChI=1S/C51H55FN4O7/c1-61-44-25-43(41(52)24-38(44)46-35(32-5-3-2-4-6-32)9-7-33-23-34(57)8-10-36(33)46)55-21-17-51(18-22-55)26-31(29-63-51)27-54-19-15-50(16-20-54)30-62-47-39-28-56(42-13-14-45(58)53-48(42)59)49(60)37(39)11-12-40(47)50/h2-6,8,10-12,23-25,31,35,42,46,57H,7,9,13-22,26-30H2,1H3,(H,53,58,59)/t31-,35-,42?,46+/m1/s1. The number of hydrogen-bond acceptors (Lipinski definition) is 9. The van der Waals surface area contributed by atoms with E-state index in [0.29, 0.717) is 55.6 Å². The molecule has 4 aromatic carbocycles. The number of hydrogen-bond donors (Lipinski definition) is 2. The molecule has 0 radical (unpaired) electrons. The number of phenols is 1. The molecule has 328 valence electrons. The second-order valence-electron chi connectivity index (χ2n) is 19.3. The van der Waals surface area contributed by atoms with Crippen LogP contribution in [0.25, 0.3) is 0 Å². The van der Waals surface area contributed by atoms with Gasteiger partial charge in [-0.3, -0.25) is 19.7 Å². The van der Waals surface area contributed by atoms with Crippen LogP contribution < -0.4 is 19.7 Å². The zero-order chi connectivity index (χ0) is 43.0. The smallest absolute Gasteiger partial charge is 0.255 e. The van der Waals surface area contributed by atoms with Gasteiger partial charge in [-0.25, -0.2) is 4.39 Å².